The maximum absolute atomic E-state index is 6.13. The summed E-state index contributed by atoms with van der Waals surface area (Å²) in [7, 11) is 0. The Morgan fingerprint density at radius 2 is 1.75 bits per heavy atom. The molecule has 0 N–H and O–H groups in total. The lowest BCUT2D eigenvalue weighted by molar-refractivity contribution is 1.22. The van der Waals surface area contributed by atoms with E-state index >= 15 is 0 Å². The molecule has 0 aliphatic heterocycles. The van der Waals surface area contributed by atoms with Gasteiger partial charge in [-0.3, -0.25) is 4.98 Å². The van der Waals surface area contributed by atoms with Gasteiger partial charge in [-0.1, -0.05) is 23.2 Å². The number of hydrogen-bond acceptors (Lipinski definition) is 1. The second kappa shape index (κ2) is 4.44. The van der Waals surface area contributed by atoms with Crippen molar-refractivity contribution in [3.05, 3.63) is 51.6 Å². The summed E-state index contributed by atoms with van der Waals surface area (Å²) in [5, 5.41) is 1.26. The van der Waals surface area contributed by atoms with Gasteiger partial charge in [0, 0.05) is 16.8 Å². The molecule has 3 heteroatoms. The average molecular weight is 252 g/mol. The molecule has 0 aliphatic rings. The summed E-state index contributed by atoms with van der Waals surface area (Å²) >= 11 is 12.0. The highest BCUT2D eigenvalue weighted by molar-refractivity contribution is 6.36. The number of benzene rings is 1. The van der Waals surface area contributed by atoms with Crippen LogP contribution < -0.4 is 0 Å². The lowest BCUT2D eigenvalue weighted by atomic mass is 10.1. The zero-order chi connectivity index (χ0) is 11.7. The van der Waals surface area contributed by atoms with E-state index in [0.717, 1.165) is 11.3 Å². The minimum Gasteiger partial charge on any atom is -0.256 e. The summed E-state index contributed by atoms with van der Waals surface area (Å²) in [6, 6.07) is 7.47. The van der Waals surface area contributed by atoms with Gasteiger partial charge in [0.2, 0.25) is 0 Å². The third-order valence-corrected chi connectivity index (χ3v) is 3.13. The quantitative estimate of drug-likeness (QED) is 0.718. The first-order chi connectivity index (χ1) is 7.58. The molecule has 0 fully saturated rings. The Kier molecular flexibility index (Phi) is 3.17. The fourth-order valence-electron chi connectivity index (χ4n) is 1.47. The standard InChI is InChI=1S/C13H11Cl2N/c1-8-5-13(16-7-9(8)2)11-4-3-10(14)6-12(11)15/h3-7H,1-2H3. The minimum atomic E-state index is 0.628. The van der Waals surface area contributed by atoms with Crippen LogP contribution in [0, 0.1) is 13.8 Å². The monoisotopic (exact) mass is 251 g/mol. The lowest BCUT2D eigenvalue weighted by Crippen LogP contribution is -1.89. The van der Waals surface area contributed by atoms with Crippen LogP contribution in [0.1, 0.15) is 11.1 Å². The van der Waals surface area contributed by atoms with Gasteiger partial charge in [0.1, 0.15) is 0 Å². The lowest BCUT2D eigenvalue weighted by Gasteiger charge is -2.06. The molecule has 2 aromatic rings. The Bertz CT molecular complexity index is 535. The SMILES string of the molecule is Cc1cnc(-c2ccc(Cl)cc2Cl)cc1C. The van der Waals surface area contributed by atoms with Crippen LogP contribution in [0.5, 0.6) is 0 Å². The molecule has 0 aliphatic carbocycles. The van der Waals surface area contributed by atoms with E-state index in [1.54, 1.807) is 6.07 Å². The Morgan fingerprint density at radius 1 is 1.00 bits per heavy atom. The van der Waals surface area contributed by atoms with Crippen LogP contribution in [0.15, 0.2) is 30.5 Å². The molecule has 0 amide bonds. The molecule has 1 aromatic heterocycles. The zero-order valence-electron chi connectivity index (χ0n) is 9.09. The van der Waals surface area contributed by atoms with E-state index in [4.69, 9.17) is 23.2 Å². The Labute approximate surface area is 105 Å². The van der Waals surface area contributed by atoms with Crippen molar-refractivity contribution < 1.29 is 0 Å². The van der Waals surface area contributed by atoms with Gasteiger partial charge in [0.05, 0.1) is 10.7 Å². The Morgan fingerprint density at radius 3 is 2.38 bits per heavy atom. The summed E-state index contributed by atoms with van der Waals surface area (Å²) in [6.07, 6.45) is 1.86. The molecule has 0 bridgehead atoms. The molecule has 16 heavy (non-hydrogen) atoms. The third kappa shape index (κ3) is 2.21. The molecule has 2 rings (SSSR count). The van der Waals surface area contributed by atoms with Gasteiger partial charge in [-0.15, -0.1) is 0 Å². The highest BCUT2D eigenvalue weighted by atomic mass is 35.5. The summed E-state index contributed by atoms with van der Waals surface area (Å²) in [4.78, 5) is 4.37. The largest absolute Gasteiger partial charge is 0.256 e. The van der Waals surface area contributed by atoms with Crippen LogP contribution in [0.4, 0.5) is 0 Å². The Balaban J connectivity index is 2.54. The molecule has 0 saturated carbocycles. The number of aromatic nitrogens is 1. The van der Waals surface area contributed by atoms with Crippen molar-refractivity contribution in [3.8, 4) is 11.3 Å². The number of hydrogen-bond donors (Lipinski definition) is 0. The maximum Gasteiger partial charge on any atom is 0.0719 e. The molecule has 1 heterocycles. The summed E-state index contributed by atoms with van der Waals surface area (Å²) in [5.41, 5.74) is 4.17. The average Bonchev–Trinajstić information content (AvgIpc) is 2.22. The van der Waals surface area contributed by atoms with E-state index in [1.165, 1.54) is 11.1 Å². The summed E-state index contributed by atoms with van der Waals surface area (Å²) < 4.78 is 0. The van der Waals surface area contributed by atoms with Crippen molar-refractivity contribution in [2.45, 2.75) is 13.8 Å². The van der Waals surface area contributed by atoms with Crippen molar-refractivity contribution in [3.63, 3.8) is 0 Å². The number of aryl methyl sites for hydroxylation is 2. The molecule has 0 saturated heterocycles. The third-order valence-electron chi connectivity index (χ3n) is 2.58. The highest BCUT2D eigenvalue weighted by Crippen LogP contribution is 2.29. The molecular formula is C13H11Cl2N. The van der Waals surface area contributed by atoms with E-state index in [2.05, 4.69) is 11.9 Å². The van der Waals surface area contributed by atoms with Crippen molar-refractivity contribution in [1.29, 1.82) is 0 Å². The Hall–Kier alpha value is -1.05. The van der Waals surface area contributed by atoms with Crippen molar-refractivity contribution in [2.75, 3.05) is 0 Å². The molecule has 0 atom stereocenters. The number of rotatable bonds is 1. The fraction of sp³-hybridized carbons (Fsp3) is 0.154. The molecule has 1 aromatic carbocycles. The minimum absolute atomic E-state index is 0.628. The van der Waals surface area contributed by atoms with Gasteiger partial charge in [-0.25, -0.2) is 0 Å². The first kappa shape index (κ1) is 11.4. The number of halogens is 2. The summed E-state index contributed by atoms with van der Waals surface area (Å²) in [6.45, 7) is 4.10. The van der Waals surface area contributed by atoms with Crippen molar-refractivity contribution >= 4 is 23.2 Å². The van der Waals surface area contributed by atoms with E-state index in [-0.39, 0.29) is 0 Å². The number of pyridine rings is 1. The van der Waals surface area contributed by atoms with E-state index in [1.807, 2.05) is 31.3 Å². The van der Waals surface area contributed by atoms with Gasteiger partial charge in [0.25, 0.3) is 0 Å². The second-order valence-electron chi connectivity index (χ2n) is 3.78. The number of nitrogens with zero attached hydrogens (tertiary/aromatic N) is 1. The first-order valence-electron chi connectivity index (χ1n) is 4.96. The van der Waals surface area contributed by atoms with Gasteiger partial charge in [-0.2, -0.15) is 0 Å². The topological polar surface area (TPSA) is 12.9 Å². The van der Waals surface area contributed by atoms with Crippen LogP contribution in [0.25, 0.3) is 11.3 Å². The first-order valence-corrected chi connectivity index (χ1v) is 5.72. The molecule has 0 radical (unpaired) electrons. The van der Waals surface area contributed by atoms with Gasteiger partial charge in [0.15, 0.2) is 0 Å². The van der Waals surface area contributed by atoms with Crippen LogP contribution in [-0.2, 0) is 0 Å². The molecule has 1 nitrogen and oxygen atoms in total. The van der Waals surface area contributed by atoms with Crippen molar-refractivity contribution in [2.24, 2.45) is 0 Å². The van der Waals surface area contributed by atoms with Crippen LogP contribution in [0.2, 0.25) is 10.0 Å². The normalized spacial score (nSPS) is 10.5. The predicted molar refractivity (Wildman–Crippen MR) is 69.2 cm³/mol. The van der Waals surface area contributed by atoms with Gasteiger partial charge < -0.3 is 0 Å². The summed E-state index contributed by atoms with van der Waals surface area (Å²) in [5.74, 6) is 0. The van der Waals surface area contributed by atoms with Gasteiger partial charge in [-0.05, 0) is 49.2 Å². The zero-order valence-corrected chi connectivity index (χ0v) is 10.6. The van der Waals surface area contributed by atoms with Gasteiger partial charge >= 0.3 is 0 Å². The molecule has 0 spiro atoms. The predicted octanol–water partition coefficient (Wildman–Crippen LogP) is 4.67. The van der Waals surface area contributed by atoms with Crippen molar-refractivity contribution in [1.82, 2.24) is 4.98 Å². The second-order valence-corrected chi connectivity index (χ2v) is 4.62. The van der Waals surface area contributed by atoms with Crippen LogP contribution >= 0.6 is 23.2 Å². The van der Waals surface area contributed by atoms with Crippen LogP contribution in [0.3, 0.4) is 0 Å². The smallest absolute Gasteiger partial charge is 0.0719 e. The van der Waals surface area contributed by atoms with E-state index in [9.17, 15) is 0 Å². The fourth-order valence-corrected chi connectivity index (χ4v) is 1.97. The van der Waals surface area contributed by atoms with E-state index in [0.29, 0.717) is 10.0 Å². The van der Waals surface area contributed by atoms with E-state index < -0.39 is 0 Å². The van der Waals surface area contributed by atoms with Crippen LogP contribution in [-0.4, -0.2) is 4.98 Å². The molecular weight excluding hydrogens is 241 g/mol. The highest BCUT2D eigenvalue weighted by Gasteiger charge is 2.06. The maximum atomic E-state index is 6.13. The molecule has 82 valence electrons. The molecule has 0 unspecified atom stereocenters.